The molecule has 0 amide bonds. The van der Waals surface area contributed by atoms with Gasteiger partial charge in [-0.25, -0.2) is 0 Å². The Morgan fingerprint density at radius 3 is 2.36 bits per heavy atom. The van der Waals surface area contributed by atoms with Gasteiger partial charge >= 0.3 is 11.9 Å². The van der Waals surface area contributed by atoms with Crippen LogP contribution in [0.4, 0.5) is 0 Å². The van der Waals surface area contributed by atoms with Gasteiger partial charge in [-0.2, -0.15) is 0 Å². The Balaban J connectivity index is 2.16. The summed E-state index contributed by atoms with van der Waals surface area (Å²) in [4.78, 5) is 25.5. The molecule has 0 heterocycles. The first kappa shape index (κ1) is 17.8. The first-order valence-electron chi connectivity index (χ1n) is 8.78. The third-order valence-corrected chi connectivity index (χ3v) is 6.37. The maximum absolute atomic E-state index is 12.8. The van der Waals surface area contributed by atoms with E-state index >= 15 is 0 Å². The van der Waals surface area contributed by atoms with Crippen molar-refractivity contribution in [2.45, 2.75) is 44.4 Å². The molecule has 0 aliphatic heterocycles. The fourth-order valence-corrected chi connectivity index (χ4v) is 5.18. The van der Waals surface area contributed by atoms with Crippen LogP contribution in [0.25, 0.3) is 0 Å². The minimum absolute atomic E-state index is 0.145. The van der Waals surface area contributed by atoms with Crippen LogP contribution in [0.2, 0.25) is 0 Å². The van der Waals surface area contributed by atoms with Crippen molar-refractivity contribution in [2.24, 2.45) is 11.3 Å². The number of esters is 2. The summed E-state index contributed by atoms with van der Waals surface area (Å²) in [5, 5.41) is 0. The lowest BCUT2D eigenvalue weighted by Crippen LogP contribution is -2.58. The number of hydrogen-bond acceptors (Lipinski definition) is 5. The Morgan fingerprint density at radius 2 is 1.76 bits per heavy atom. The second-order valence-corrected chi connectivity index (χ2v) is 7.34. The number of benzene rings is 1. The molecule has 0 unspecified atom stereocenters. The maximum Gasteiger partial charge on any atom is 0.323 e. The Labute approximate surface area is 148 Å². The summed E-state index contributed by atoms with van der Waals surface area (Å²) >= 11 is 0. The first-order valence-corrected chi connectivity index (χ1v) is 8.78. The van der Waals surface area contributed by atoms with Gasteiger partial charge in [0.1, 0.15) is 5.75 Å². The number of methoxy groups -OCH3 is 3. The Bertz CT molecular complexity index is 679. The van der Waals surface area contributed by atoms with Gasteiger partial charge in [0.2, 0.25) is 0 Å². The number of fused-ring (bicyclic) bond motifs is 3. The number of carbonyl (C=O) groups is 2. The predicted molar refractivity (Wildman–Crippen MR) is 92.5 cm³/mol. The van der Waals surface area contributed by atoms with Crippen molar-refractivity contribution in [3.8, 4) is 5.75 Å². The molecule has 0 aromatic heterocycles. The van der Waals surface area contributed by atoms with Crippen LogP contribution in [0.15, 0.2) is 18.2 Å². The third-order valence-electron chi connectivity index (χ3n) is 6.37. The smallest absolute Gasteiger partial charge is 0.323 e. The highest BCUT2D eigenvalue weighted by molar-refractivity contribution is 6.01. The molecule has 5 nitrogen and oxygen atoms in total. The molecule has 2 aliphatic carbocycles. The van der Waals surface area contributed by atoms with Crippen molar-refractivity contribution in [3.05, 3.63) is 29.3 Å². The summed E-state index contributed by atoms with van der Waals surface area (Å²) in [6.07, 6.45) is 3.77. The van der Waals surface area contributed by atoms with E-state index in [4.69, 9.17) is 14.2 Å². The quantitative estimate of drug-likeness (QED) is 0.622. The molecule has 0 radical (unpaired) electrons. The molecule has 0 N–H and O–H groups in total. The van der Waals surface area contributed by atoms with Crippen LogP contribution < -0.4 is 4.74 Å². The topological polar surface area (TPSA) is 61.8 Å². The minimum atomic E-state index is -1.22. The molecule has 1 fully saturated rings. The molecule has 5 heteroatoms. The Morgan fingerprint density at radius 1 is 1.08 bits per heavy atom. The molecule has 2 atom stereocenters. The van der Waals surface area contributed by atoms with Gasteiger partial charge < -0.3 is 14.2 Å². The van der Waals surface area contributed by atoms with Crippen LogP contribution in [0.5, 0.6) is 5.75 Å². The summed E-state index contributed by atoms with van der Waals surface area (Å²) in [7, 11) is 4.34. The second-order valence-electron chi connectivity index (χ2n) is 7.34. The van der Waals surface area contributed by atoms with Gasteiger partial charge in [0.15, 0.2) is 5.41 Å². The molecule has 1 saturated carbocycles. The van der Waals surface area contributed by atoms with Gasteiger partial charge in [0.25, 0.3) is 0 Å². The van der Waals surface area contributed by atoms with Crippen LogP contribution >= 0.6 is 0 Å². The van der Waals surface area contributed by atoms with E-state index in [1.165, 1.54) is 25.3 Å². The van der Waals surface area contributed by atoms with Crippen molar-refractivity contribution in [1.29, 1.82) is 0 Å². The average Bonchev–Trinajstić information content (AvgIpc) is 2.65. The number of aryl methyl sites for hydroxylation is 1. The van der Waals surface area contributed by atoms with E-state index in [0.717, 1.165) is 31.4 Å². The predicted octanol–water partition coefficient (Wildman–Crippen LogP) is 3.03. The third kappa shape index (κ3) is 2.43. The lowest BCUT2D eigenvalue weighted by Gasteiger charge is -2.53. The summed E-state index contributed by atoms with van der Waals surface area (Å²) in [5.74, 6) is -0.288. The summed E-state index contributed by atoms with van der Waals surface area (Å²) < 4.78 is 15.6. The number of hydrogen-bond donors (Lipinski definition) is 0. The van der Waals surface area contributed by atoms with Crippen LogP contribution in [-0.2, 0) is 30.9 Å². The highest BCUT2D eigenvalue weighted by Gasteiger charge is 2.63. The van der Waals surface area contributed by atoms with Gasteiger partial charge in [-0.15, -0.1) is 0 Å². The highest BCUT2D eigenvalue weighted by atomic mass is 16.5. The zero-order valence-electron chi connectivity index (χ0n) is 15.4. The molecule has 0 bridgehead atoms. The Kier molecular flexibility index (Phi) is 4.52. The normalized spacial score (nSPS) is 26.8. The van der Waals surface area contributed by atoms with E-state index in [1.54, 1.807) is 7.11 Å². The molecule has 0 spiro atoms. The van der Waals surface area contributed by atoms with Gasteiger partial charge in [0.05, 0.1) is 21.3 Å². The van der Waals surface area contributed by atoms with Crippen molar-refractivity contribution in [3.63, 3.8) is 0 Å². The maximum atomic E-state index is 12.8. The summed E-state index contributed by atoms with van der Waals surface area (Å²) in [5.41, 5.74) is 0.935. The molecule has 0 saturated heterocycles. The lowest BCUT2D eigenvalue weighted by molar-refractivity contribution is -0.181. The molecule has 3 rings (SSSR count). The van der Waals surface area contributed by atoms with Crippen molar-refractivity contribution >= 4 is 11.9 Å². The molecule has 25 heavy (non-hydrogen) atoms. The monoisotopic (exact) mass is 346 g/mol. The van der Waals surface area contributed by atoms with E-state index in [0.29, 0.717) is 6.42 Å². The van der Waals surface area contributed by atoms with E-state index in [-0.39, 0.29) is 11.3 Å². The van der Waals surface area contributed by atoms with Crippen LogP contribution in [0.1, 0.15) is 43.7 Å². The summed E-state index contributed by atoms with van der Waals surface area (Å²) in [6, 6.07) is 6.13. The first-order chi connectivity index (χ1) is 11.9. The molecular weight excluding hydrogens is 320 g/mol. The van der Waals surface area contributed by atoms with Crippen LogP contribution in [0.3, 0.4) is 0 Å². The van der Waals surface area contributed by atoms with E-state index in [2.05, 4.69) is 19.1 Å². The van der Waals surface area contributed by atoms with E-state index in [9.17, 15) is 9.59 Å². The highest BCUT2D eigenvalue weighted by Crippen LogP contribution is 2.58. The van der Waals surface area contributed by atoms with Crippen molar-refractivity contribution in [1.82, 2.24) is 0 Å². The fourth-order valence-electron chi connectivity index (χ4n) is 5.18. The number of carbonyl (C=O) groups excluding carboxylic acids is 2. The van der Waals surface area contributed by atoms with Gasteiger partial charge in [-0.3, -0.25) is 9.59 Å². The molecule has 136 valence electrons. The standard InChI is InChI=1S/C20H26O5/c1-19-10-5-11-20(17(21)24-3,18(22)25-4)16(19)9-7-13-6-8-14(23-2)12-15(13)19/h6,8,12,16H,5,7,9-11H2,1-4H3/t16-,19-/m0/s1. The SMILES string of the molecule is COC(=O)C1(C(=O)OC)CCC[C@@]2(C)c3cc(OC)ccc3CC[C@H]12. The Hall–Kier alpha value is -2.04. The molecule has 1 aromatic carbocycles. The van der Waals surface area contributed by atoms with Crippen LogP contribution in [0, 0.1) is 11.3 Å². The van der Waals surface area contributed by atoms with E-state index in [1.807, 2.05) is 6.07 Å². The second kappa shape index (κ2) is 6.36. The number of rotatable bonds is 3. The van der Waals surface area contributed by atoms with Crippen molar-refractivity contribution < 1.29 is 23.8 Å². The van der Waals surface area contributed by atoms with Crippen LogP contribution in [-0.4, -0.2) is 33.3 Å². The molecular formula is C20H26O5. The zero-order valence-corrected chi connectivity index (χ0v) is 15.4. The zero-order chi connectivity index (χ0) is 18.2. The average molecular weight is 346 g/mol. The molecule has 2 aliphatic rings. The van der Waals surface area contributed by atoms with Gasteiger partial charge in [0, 0.05) is 0 Å². The lowest BCUT2D eigenvalue weighted by atomic mass is 9.49. The minimum Gasteiger partial charge on any atom is -0.497 e. The molecule has 1 aromatic rings. The van der Waals surface area contributed by atoms with Gasteiger partial charge in [-0.1, -0.05) is 19.4 Å². The van der Waals surface area contributed by atoms with Gasteiger partial charge in [-0.05, 0) is 60.3 Å². The van der Waals surface area contributed by atoms with Crippen molar-refractivity contribution in [2.75, 3.05) is 21.3 Å². The number of ether oxygens (including phenoxy) is 3. The fraction of sp³-hybridized carbons (Fsp3) is 0.600. The summed E-state index contributed by atoms with van der Waals surface area (Å²) in [6.45, 7) is 2.16. The van der Waals surface area contributed by atoms with E-state index < -0.39 is 17.4 Å². The largest absolute Gasteiger partial charge is 0.497 e.